The van der Waals surface area contributed by atoms with Gasteiger partial charge in [0.05, 0.1) is 13.2 Å². The Hall–Kier alpha value is -0.910. The summed E-state index contributed by atoms with van der Waals surface area (Å²) < 4.78 is 16.0. The van der Waals surface area contributed by atoms with Crippen molar-refractivity contribution in [2.45, 2.75) is 25.6 Å². The van der Waals surface area contributed by atoms with Crippen LogP contribution >= 0.6 is 11.6 Å². The lowest BCUT2D eigenvalue weighted by Crippen LogP contribution is -2.26. The van der Waals surface area contributed by atoms with Gasteiger partial charge in [-0.15, -0.1) is 0 Å². The molecule has 0 aliphatic carbocycles. The molecule has 0 radical (unpaired) electrons. The molecule has 6 heteroatoms. The van der Waals surface area contributed by atoms with Crippen LogP contribution in [0.4, 0.5) is 0 Å². The van der Waals surface area contributed by atoms with Crippen LogP contribution in [0.15, 0.2) is 6.07 Å². The molecule has 0 bridgehead atoms. The monoisotopic (exact) mass is 258 g/mol. The largest absolute Gasteiger partial charge is 0.474 e. The summed E-state index contributed by atoms with van der Waals surface area (Å²) in [6.07, 6.45) is 1.90. The summed E-state index contributed by atoms with van der Waals surface area (Å²) in [6.45, 7) is 1.79. The highest BCUT2D eigenvalue weighted by Gasteiger charge is 2.16. The summed E-state index contributed by atoms with van der Waals surface area (Å²) >= 11 is 5.89. The van der Waals surface area contributed by atoms with Crippen molar-refractivity contribution >= 4 is 11.6 Å². The zero-order chi connectivity index (χ0) is 12.1. The molecule has 2 rings (SSSR count). The van der Waals surface area contributed by atoms with Crippen LogP contribution in [0.2, 0.25) is 5.15 Å². The highest BCUT2D eigenvalue weighted by atomic mass is 35.5. The molecule has 94 valence electrons. The van der Waals surface area contributed by atoms with Crippen LogP contribution in [0.1, 0.15) is 18.7 Å². The predicted molar refractivity (Wildman–Crippen MR) is 62.2 cm³/mol. The van der Waals surface area contributed by atoms with Crippen molar-refractivity contribution in [3.8, 4) is 5.88 Å². The van der Waals surface area contributed by atoms with Crippen LogP contribution in [-0.2, 0) is 16.1 Å². The Morgan fingerprint density at radius 3 is 2.88 bits per heavy atom. The minimum Gasteiger partial charge on any atom is -0.474 e. The number of nitrogens with zero attached hydrogens (tertiary/aromatic N) is 2. The van der Waals surface area contributed by atoms with E-state index in [1.165, 1.54) is 0 Å². The first kappa shape index (κ1) is 12.5. The number of methoxy groups -OCH3 is 1. The van der Waals surface area contributed by atoms with E-state index >= 15 is 0 Å². The smallest absolute Gasteiger partial charge is 0.218 e. The molecule has 0 saturated carbocycles. The van der Waals surface area contributed by atoms with Gasteiger partial charge < -0.3 is 14.2 Å². The molecule has 5 nitrogen and oxygen atoms in total. The maximum absolute atomic E-state index is 5.89. The molecular weight excluding hydrogens is 244 g/mol. The first-order chi connectivity index (χ1) is 8.28. The average Bonchev–Trinajstić information content (AvgIpc) is 2.30. The van der Waals surface area contributed by atoms with Crippen molar-refractivity contribution in [1.82, 2.24) is 9.97 Å². The second-order valence-electron chi connectivity index (χ2n) is 3.81. The molecule has 1 aromatic heterocycles. The quantitative estimate of drug-likeness (QED) is 0.772. The van der Waals surface area contributed by atoms with E-state index in [9.17, 15) is 0 Å². The molecule has 0 N–H and O–H groups in total. The van der Waals surface area contributed by atoms with E-state index in [0.29, 0.717) is 23.5 Å². The molecule has 17 heavy (non-hydrogen) atoms. The Kier molecular flexibility index (Phi) is 4.53. The van der Waals surface area contributed by atoms with Crippen LogP contribution < -0.4 is 4.74 Å². The first-order valence-corrected chi connectivity index (χ1v) is 5.92. The van der Waals surface area contributed by atoms with Gasteiger partial charge in [-0.05, 0) is 0 Å². The highest BCUT2D eigenvalue weighted by molar-refractivity contribution is 6.29. The lowest BCUT2D eigenvalue weighted by molar-refractivity contribution is 0.0234. The Labute approximate surface area is 105 Å². The minimum atomic E-state index is 0.144. The topological polar surface area (TPSA) is 53.5 Å². The third-order valence-corrected chi connectivity index (χ3v) is 2.64. The van der Waals surface area contributed by atoms with Crippen molar-refractivity contribution in [3.05, 3.63) is 17.0 Å². The number of hydrogen-bond acceptors (Lipinski definition) is 5. The summed E-state index contributed by atoms with van der Waals surface area (Å²) in [5, 5.41) is 0.370. The summed E-state index contributed by atoms with van der Waals surface area (Å²) in [6, 6.07) is 1.62. The standard InChI is InChI=1S/C11H15ClN2O3/c1-15-7-10-13-9(12)6-11(14-10)17-8-2-4-16-5-3-8/h6,8H,2-5,7H2,1H3. The van der Waals surface area contributed by atoms with E-state index in [0.717, 1.165) is 26.1 Å². The van der Waals surface area contributed by atoms with Crippen molar-refractivity contribution < 1.29 is 14.2 Å². The van der Waals surface area contributed by atoms with E-state index in [-0.39, 0.29) is 6.10 Å². The number of hydrogen-bond donors (Lipinski definition) is 0. The van der Waals surface area contributed by atoms with E-state index in [4.69, 9.17) is 25.8 Å². The van der Waals surface area contributed by atoms with Crippen LogP contribution in [-0.4, -0.2) is 36.4 Å². The fourth-order valence-electron chi connectivity index (χ4n) is 1.66. The molecular formula is C11H15ClN2O3. The normalized spacial score (nSPS) is 17.1. The lowest BCUT2D eigenvalue weighted by atomic mass is 10.2. The molecule has 2 heterocycles. The molecule has 0 aromatic carbocycles. The lowest BCUT2D eigenvalue weighted by Gasteiger charge is -2.22. The second kappa shape index (κ2) is 6.14. The van der Waals surface area contributed by atoms with Crippen LogP contribution in [0.3, 0.4) is 0 Å². The zero-order valence-corrected chi connectivity index (χ0v) is 10.4. The molecule has 1 aliphatic rings. The maximum Gasteiger partial charge on any atom is 0.218 e. The summed E-state index contributed by atoms with van der Waals surface area (Å²) in [7, 11) is 1.59. The highest BCUT2D eigenvalue weighted by Crippen LogP contribution is 2.19. The van der Waals surface area contributed by atoms with Crippen LogP contribution in [0.25, 0.3) is 0 Å². The van der Waals surface area contributed by atoms with E-state index < -0.39 is 0 Å². The van der Waals surface area contributed by atoms with Crippen LogP contribution in [0.5, 0.6) is 5.88 Å². The van der Waals surface area contributed by atoms with Gasteiger partial charge in [-0.3, -0.25) is 0 Å². The predicted octanol–water partition coefficient (Wildman–Crippen LogP) is 1.83. The Balaban J connectivity index is 2.03. The number of rotatable bonds is 4. The van der Waals surface area contributed by atoms with Gasteiger partial charge in [0.2, 0.25) is 5.88 Å². The Morgan fingerprint density at radius 1 is 1.41 bits per heavy atom. The zero-order valence-electron chi connectivity index (χ0n) is 9.69. The third-order valence-electron chi connectivity index (χ3n) is 2.45. The number of ether oxygens (including phenoxy) is 3. The molecule has 1 saturated heterocycles. The third kappa shape index (κ3) is 3.80. The Bertz CT molecular complexity index is 370. The molecule has 1 fully saturated rings. The van der Waals surface area contributed by atoms with Crippen molar-refractivity contribution in [2.24, 2.45) is 0 Å². The number of halogens is 1. The van der Waals surface area contributed by atoms with Gasteiger partial charge in [0.25, 0.3) is 0 Å². The van der Waals surface area contributed by atoms with Gasteiger partial charge in [0.1, 0.15) is 17.9 Å². The van der Waals surface area contributed by atoms with Crippen molar-refractivity contribution in [3.63, 3.8) is 0 Å². The molecule has 0 spiro atoms. The number of aromatic nitrogens is 2. The summed E-state index contributed by atoms with van der Waals surface area (Å²) in [5.74, 6) is 1.03. The maximum atomic E-state index is 5.89. The van der Waals surface area contributed by atoms with Crippen molar-refractivity contribution in [2.75, 3.05) is 20.3 Å². The Morgan fingerprint density at radius 2 is 2.18 bits per heavy atom. The van der Waals surface area contributed by atoms with Crippen LogP contribution in [0, 0.1) is 0 Å². The van der Waals surface area contributed by atoms with Gasteiger partial charge in [0, 0.05) is 26.0 Å². The average molecular weight is 259 g/mol. The summed E-state index contributed by atoms with van der Waals surface area (Å²) in [4.78, 5) is 8.28. The fraction of sp³-hybridized carbons (Fsp3) is 0.636. The minimum absolute atomic E-state index is 0.144. The SMILES string of the molecule is COCc1nc(Cl)cc(OC2CCOCC2)n1. The fourth-order valence-corrected chi connectivity index (χ4v) is 1.85. The summed E-state index contributed by atoms with van der Waals surface area (Å²) in [5.41, 5.74) is 0. The van der Waals surface area contributed by atoms with E-state index in [1.807, 2.05) is 0 Å². The second-order valence-corrected chi connectivity index (χ2v) is 4.19. The van der Waals surface area contributed by atoms with Gasteiger partial charge in [-0.1, -0.05) is 11.6 Å². The van der Waals surface area contributed by atoms with Gasteiger partial charge in [-0.25, -0.2) is 4.98 Å². The first-order valence-electron chi connectivity index (χ1n) is 5.54. The van der Waals surface area contributed by atoms with E-state index in [2.05, 4.69) is 9.97 Å². The van der Waals surface area contributed by atoms with Gasteiger partial charge in [-0.2, -0.15) is 4.98 Å². The van der Waals surface area contributed by atoms with Gasteiger partial charge in [0.15, 0.2) is 5.82 Å². The molecule has 1 aromatic rings. The molecule has 1 aliphatic heterocycles. The molecule has 0 atom stereocenters. The van der Waals surface area contributed by atoms with Gasteiger partial charge >= 0.3 is 0 Å². The van der Waals surface area contributed by atoms with Crippen molar-refractivity contribution in [1.29, 1.82) is 0 Å². The molecule has 0 unspecified atom stereocenters. The molecule has 0 amide bonds. The van der Waals surface area contributed by atoms with E-state index in [1.54, 1.807) is 13.2 Å².